The molecule has 0 saturated carbocycles. The van der Waals surface area contributed by atoms with Crippen molar-refractivity contribution < 1.29 is 14.7 Å². The molecule has 0 aromatic heterocycles. The fraction of sp³-hybridized carbons (Fsp3) is 0.273. The molecule has 6 heteroatoms. The van der Waals surface area contributed by atoms with Gasteiger partial charge in [-0.15, -0.1) is 11.8 Å². The van der Waals surface area contributed by atoms with E-state index in [1.165, 1.54) is 17.8 Å². The van der Waals surface area contributed by atoms with Gasteiger partial charge in [0.05, 0.1) is 10.8 Å². The average molecular weight is 318 g/mol. The van der Waals surface area contributed by atoms with E-state index in [4.69, 9.17) is 10.8 Å². The number of carbonyl (C=O) groups excluding carboxylic acids is 1. The molecular formula is C11H12BrNO3S. The largest absolute Gasteiger partial charge is 0.478 e. The van der Waals surface area contributed by atoms with Crippen molar-refractivity contribution >= 4 is 39.6 Å². The number of rotatable bonds is 5. The third-order valence-corrected chi connectivity index (χ3v) is 4.20. The van der Waals surface area contributed by atoms with Gasteiger partial charge in [-0.2, -0.15) is 0 Å². The molecule has 1 unspecified atom stereocenters. The highest BCUT2D eigenvalue weighted by Crippen LogP contribution is 2.29. The summed E-state index contributed by atoms with van der Waals surface area (Å²) < 4.78 is 0.515. The number of carboxylic acid groups (broad SMARTS) is 1. The van der Waals surface area contributed by atoms with Gasteiger partial charge in [0.2, 0.25) is 5.91 Å². The zero-order valence-electron chi connectivity index (χ0n) is 9.14. The molecule has 1 aromatic rings. The van der Waals surface area contributed by atoms with Crippen molar-refractivity contribution in [2.45, 2.75) is 23.5 Å². The van der Waals surface area contributed by atoms with E-state index >= 15 is 0 Å². The lowest BCUT2D eigenvalue weighted by atomic mass is 10.2. The number of halogens is 1. The maximum Gasteiger partial charge on any atom is 0.336 e. The smallest absolute Gasteiger partial charge is 0.336 e. The van der Waals surface area contributed by atoms with Crippen molar-refractivity contribution in [2.75, 3.05) is 0 Å². The van der Waals surface area contributed by atoms with Gasteiger partial charge in [-0.1, -0.05) is 6.92 Å². The highest BCUT2D eigenvalue weighted by molar-refractivity contribution is 9.10. The van der Waals surface area contributed by atoms with Crippen LogP contribution in [0.4, 0.5) is 0 Å². The van der Waals surface area contributed by atoms with E-state index in [0.717, 1.165) is 4.90 Å². The van der Waals surface area contributed by atoms with Crippen molar-refractivity contribution in [2.24, 2.45) is 5.73 Å². The lowest BCUT2D eigenvalue weighted by Crippen LogP contribution is -2.24. The van der Waals surface area contributed by atoms with E-state index < -0.39 is 11.9 Å². The number of amides is 1. The van der Waals surface area contributed by atoms with Crippen molar-refractivity contribution in [3.8, 4) is 0 Å². The summed E-state index contributed by atoms with van der Waals surface area (Å²) in [5.74, 6) is -1.40. The molecule has 1 amide bonds. The predicted octanol–water partition coefficient (Wildman–Crippen LogP) is 2.50. The second-order valence-corrected chi connectivity index (χ2v) is 5.49. The van der Waals surface area contributed by atoms with E-state index in [0.29, 0.717) is 10.9 Å². The normalized spacial score (nSPS) is 12.1. The van der Waals surface area contributed by atoms with E-state index in [-0.39, 0.29) is 10.8 Å². The first-order chi connectivity index (χ1) is 7.95. The number of carbonyl (C=O) groups is 2. The van der Waals surface area contributed by atoms with Gasteiger partial charge in [0, 0.05) is 9.37 Å². The van der Waals surface area contributed by atoms with Gasteiger partial charge in [0.25, 0.3) is 0 Å². The Kier molecular flexibility index (Phi) is 5.02. The molecule has 1 rings (SSSR count). The fourth-order valence-corrected chi connectivity index (χ4v) is 2.61. The van der Waals surface area contributed by atoms with E-state index in [1.54, 1.807) is 12.1 Å². The van der Waals surface area contributed by atoms with Crippen molar-refractivity contribution in [3.63, 3.8) is 0 Å². The summed E-state index contributed by atoms with van der Waals surface area (Å²) in [6, 6.07) is 4.94. The minimum Gasteiger partial charge on any atom is -0.478 e. The van der Waals surface area contributed by atoms with Crippen molar-refractivity contribution in [1.29, 1.82) is 0 Å². The molecule has 0 bridgehead atoms. The lowest BCUT2D eigenvalue weighted by molar-refractivity contribution is -0.117. The Hall–Kier alpha value is -1.01. The Bertz CT molecular complexity index is 450. The maximum atomic E-state index is 11.1. The number of hydrogen-bond donors (Lipinski definition) is 2. The minimum atomic E-state index is -1.01. The lowest BCUT2D eigenvalue weighted by Gasteiger charge is -2.11. The molecule has 1 atom stereocenters. The number of carboxylic acids is 1. The van der Waals surface area contributed by atoms with Gasteiger partial charge in [0.15, 0.2) is 0 Å². The van der Waals surface area contributed by atoms with Gasteiger partial charge in [-0.25, -0.2) is 4.79 Å². The van der Waals surface area contributed by atoms with Gasteiger partial charge in [-0.05, 0) is 40.5 Å². The van der Waals surface area contributed by atoms with Crippen molar-refractivity contribution in [1.82, 2.24) is 0 Å². The highest BCUT2D eigenvalue weighted by Gasteiger charge is 2.16. The number of benzene rings is 1. The molecule has 0 heterocycles. The summed E-state index contributed by atoms with van der Waals surface area (Å²) >= 11 is 4.44. The topological polar surface area (TPSA) is 80.4 Å². The molecule has 4 nitrogen and oxygen atoms in total. The van der Waals surface area contributed by atoms with Gasteiger partial charge in [-0.3, -0.25) is 4.79 Å². The standard InChI is InChI=1S/C11H12BrNO3S/c1-2-9(10(13)14)17-6-3-4-8(12)7(5-6)11(15)16/h3-5,9H,2H2,1H3,(H2,13,14)(H,15,16). The molecule has 1 aromatic carbocycles. The zero-order chi connectivity index (χ0) is 13.0. The van der Waals surface area contributed by atoms with Crippen LogP contribution in [0, 0.1) is 0 Å². The van der Waals surface area contributed by atoms with Crippen molar-refractivity contribution in [3.05, 3.63) is 28.2 Å². The number of nitrogens with two attached hydrogens (primary N) is 1. The first-order valence-electron chi connectivity index (χ1n) is 4.94. The molecule has 3 N–H and O–H groups in total. The Morgan fingerprint density at radius 1 is 1.53 bits per heavy atom. The summed E-state index contributed by atoms with van der Waals surface area (Å²) in [6.45, 7) is 1.86. The van der Waals surface area contributed by atoms with E-state index in [2.05, 4.69) is 15.9 Å². The molecule has 0 fully saturated rings. The summed E-state index contributed by atoms with van der Waals surface area (Å²) in [5, 5.41) is 8.62. The predicted molar refractivity (Wildman–Crippen MR) is 70.2 cm³/mol. The number of primary amides is 1. The maximum absolute atomic E-state index is 11.1. The number of thioether (sulfide) groups is 1. The molecule has 0 aliphatic heterocycles. The second-order valence-electron chi connectivity index (χ2n) is 3.36. The summed E-state index contributed by atoms with van der Waals surface area (Å²) in [5.41, 5.74) is 5.41. The SMILES string of the molecule is CCC(Sc1ccc(Br)c(C(=O)O)c1)C(N)=O. The van der Waals surface area contributed by atoms with Crippen LogP contribution < -0.4 is 5.73 Å². The van der Waals surface area contributed by atoms with Crippen LogP contribution in [-0.4, -0.2) is 22.2 Å². The first kappa shape index (κ1) is 14.1. The molecule has 0 aliphatic carbocycles. The Morgan fingerprint density at radius 3 is 2.65 bits per heavy atom. The Morgan fingerprint density at radius 2 is 2.18 bits per heavy atom. The van der Waals surface area contributed by atoms with Gasteiger partial charge < -0.3 is 10.8 Å². The van der Waals surface area contributed by atoms with Crippen LogP contribution >= 0.6 is 27.7 Å². The molecule has 0 radical (unpaired) electrons. The van der Waals surface area contributed by atoms with E-state index in [1.807, 2.05) is 6.92 Å². The quantitative estimate of drug-likeness (QED) is 0.818. The van der Waals surface area contributed by atoms with Gasteiger partial charge in [0.1, 0.15) is 0 Å². The van der Waals surface area contributed by atoms with Crippen LogP contribution in [0.1, 0.15) is 23.7 Å². The molecule has 0 saturated heterocycles. The highest BCUT2D eigenvalue weighted by atomic mass is 79.9. The molecular weight excluding hydrogens is 306 g/mol. The third kappa shape index (κ3) is 3.74. The first-order valence-corrected chi connectivity index (χ1v) is 6.61. The zero-order valence-corrected chi connectivity index (χ0v) is 11.5. The van der Waals surface area contributed by atoms with Crippen LogP contribution in [-0.2, 0) is 4.79 Å². The second kappa shape index (κ2) is 6.07. The molecule has 0 spiro atoms. The van der Waals surface area contributed by atoms with Crippen LogP contribution in [0.5, 0.6) is 0 Å². The average Bonchev–Trinajstić information content (AvgIpc) is 2.27. The molecule has 0 aliphatic rings. The number of aromatic carboxylic acids is 1. The van der Waals surface area contributed by atoms with Gasteiger partial charge >= 0.3 is 5.97 Å². The van der Waals surface area contributed by atoms with Crippen LogP contribution in [0.3, 0.4) is 0 Å². The van der Waals surface area contributed by atoms with Crippen LogP contribution in [0.15, 0.2) is 27.6 Å². The van der Waals surface area contributed by atoms with Crippen LogP contribution in [0.2, 0.25) is 0 Å². The molecule has 92 valence electrons. The fourth-order valence-electron chi connectivity index (χ4n) is 1.25. The monoisotopic (exact) mass is 317 g/mol. The molecule has 17 heavy (non-hydrogen) atoms. The van der Waals surface area contributed by atoms with E-state index in [9.17, 15) is 9.59 Å². The third-order valence-electron chi connectivity index (χ3n) is 2.13. The Balaban J connectivity index is 2.96. The number of hydrogen-bond acceptors (Lipinski definition) is 3. The summed E-state index contributed by atoms with van der Waals surface area (Å²) in [7, 11) is 0. The Labute approximate surface area is 112 Å². The minimum absolute atomic E-state index is 0.175. The summed E-state index contributed by atoms with van der Waals surface area (Å²) in [4.78, 5) is 22.7. The summed E-state index contributed by atoms with van der Waals surface area (Å²) in [6.07, 6.45) is 0.610. The van der Waals surface area contributed by atoms with Crippen LogP contribution in [0.25, 0.3) is 0 Å².